The van der Waals surface area contributed by atoms with Crippen molar-refractivity contribution in [3.05, 3.63) is 30.3 Å². The number of nitrogens with one attached hydrogen (secondary N) is 1. The van der Waals surface area contributed by atoms with Gasteiger partial charge in [-0.1, -0.05) is 30.0 Å². The highest BCUT2D eigenvalue weighted by Crippen LogP contribution is 2.32. The molecule has 1 aliphatic rings. The molecule has 2 amide bonds. The molecule has 1 aliphatic heterocycles. The minimum absolute atomic E-state index is 0.155. The van der Waals surface area contributed by atoms with Gasteiger partial charge in [0, 0.05) is 6.92 Å². The fourth-order valence-corrected chi connectivity index (χ4v) is 4.02. The maximum absolute atomic E-state index is 11.8. The second-order valence-electron chi connectivity index (χ2n) is 4.76. The number of β-lactam (4-membered cyclic amide) rings is 1. The van der Waals surface area contributed by atoms with Gasteiger partial charge in [-0.3, -0.25) is 18.9 Å². The first-order chi connectivity index (χ1) is 11.2. The van der Waals surface area contributed by atoms with Crippen molar-refractivity contribution in [1.82, 2.24) is 9.62 Å². The van der Waals surface area contributed by atoms with Crippen molar-refractivity contribution in [3.63, 3.8) is 0 Å². The Morgan fingerprint density at radius 2 is 1.96 bits per heavy atom. The molecule has 2 rings (SSSR count). The van der Waals surface area contributed by atoms with Crippen LogP contribution in [0.1, 0.15) is 6.92 Å². The molecule has 1 fully saturated rings. The molecular formula is C13H14N2O7S2. The molecule has 9 nitrogen and oxygen atoms in total. The summed E-state index contributed by atoms with van der Waals surface area (Å²) in [6, 6.07) is 7.23. The van der Waals surface area contributed by atoms with Gasteiger partial charge < -0.3 is 10.1 Å². The minimum Gasteiger partial charge on any atom is -0.484 e. The number of ether oxygens (including phenoxy) is 1. The van der Waals surface area contributed by atoms with Gasteiger partial charge in [0.1, 0.15) is 17.2 Å². The predicted molar refractivity (Wildman–Crippen MR) is 84.3 cm³/mol. The van der Waals surface area contributed by atoms with Gasteiger partial charge in [0.05, 0.1) is 0 Å². The maximum Gasteiger partial charge on any atom is 0.363 e. The second kappa shape index (κ2) is 7.20. The van der Waals surface area contributed by atoms with E-state index in [-0.39, 0.29) is 4.31 Å². The van der Waals surface area contributed by atoms with E-state index >= 15 is 0 Å². The molecule has 0 bridgehead atoms. The third-order valence-corrected chi connectivity index (χ3v) is 5.06. The van der Waals surface area contributed by atoms with Crippen molar-refractivity contribution in [3.8, 4) is 5.75 Å². The zero-order chi connectivity index (χ0) is 17.9. The molecule has 0 unspecified atom stereocenters. The molecule has 1 aromatic carbocycles. The van der Waals surface area contributed by atoms with Crippen LogP contribution in [0.5, 0.6) is 5.75 Å². The Hall–Kier alpha value is -2.11. The molecule has 0 aliphatic carbocycles. The summed E-state index contributed by atoms with van der Waals surface area (Å²) in [5.74, 6) is -1.24. The van der Waals surface area contributed by atoms with Crippen molar-refractivity contribution in [2.24, 2.45) is 0 Å². The largest absolute Gasteiger partial charge is 0.484 e. The molecule has 2 N–H and O–H groups in total. The SMILES string of the molecule is CC(=O)S[C@@H]1[C@H](NC(=O)COc2ccccc2)C(=O)N1S(=O)(=O)O. The van der Waals surface area contributed by atoms with Gasteiger partial charge >= 0.3 is 10.3 Å². The molecule has 1 saturated heterocycles. The van der Waals surface area contributed by atoms with Crippen molar-refractivity contribution in [1.29, 1.82) is 0 Å². The van der Waals surface area contributed by atoms with Gasteiger partial charge in [-0.2, -0.15) is 12.7 Å². The Morgan fingerprint density at radius 3 is 2.50 bits per heavy atom. The number of carbonyl (C=O) groups is 3. The first-order valence-corrected chi connectivity index (χ1v) is 8.93. The summed E-state index contributed by atoms with van der Waals surface area (Å²) in [7, 11) is -4.81. The first kappa shape index (κ1) is 18.2. The zero-order valence-corrected chi connectivity index (χ0v) is 14.0. The van der Waals surface area contributed by atoms with E-state index in [2.05, 4.69) is 5.32 Å². The number of nitrogens with zero attached hydrogens (tertiary/aromatic N) is 1. The highest BCUT2D eigenvalue weighted by atomic mass is 32.2. The number of thioether (sulfide) groups is 1. The third kappa shape index (κ3) is 4.24. The van der Waals surface area contributed by atoms with E-state index in [0.717, 1.165) is 0 Å². The Morgan fingerprint density at radius 1 is 1.33 bits per heavy atom. The Kier molecular flexibility index (Phi) is 5.47. The number of rotatable bonds is 6. The summed E-state index contributed by atoms with van der Waals surface area (Å²) in [5, 5.41) is 0.588. The molecule has 1 aromatic rings. The molecule has 1 heterocycles. The highest BCUT2D eigenvalue weighted by Gasteiger charge is 2.55. The van der Waals surface area contributed by atoms with E-state index < -0.39 is 45.3 Å². The van der Waals surface area contributed by atoms with Gasteiger partial charge in [-0.15, -0.1) is 0 Å². The number of amides is 2. The lowest BCUT2D eigenvalue weighted by molar-refractivity contribution is -0.142. The average molecular weight is 374 g/mol. The zero-order valence-electron chi connectivity index (χ0n) is 12.4. The van der Waals surface area contributed by atoms with Crippen LogP contribution in [-0.4, -0.2) is 52.2 Å². The van der Waals surface area contributed by atoms with Crippen LogP contribution in [0.15, 0.2) is 30.3 Å². The van der Waals surface area contributed by atoms with Crippen LogP contribution in [-0.2, 0) is 24.7 Å². The first-order valence-electron chi connectivity index (χ1n) is 6.65. The molecule has 24 heavy (non-hydrogen) atoms. The van der Waals surface area contributed by atoms with E-state index in [9.17, 15) is 22.8 Å². The lowest BCUT2D eigenvalue weighted by Crippen LogP contribution is -2.71. The summed E-state index contributed by atoms with van der Waals surface area (Å²) in [6.45, 7) is 0.782. The van der Waals surface area contributed by atoms with Crippen LogP contribution in [0.25, 0.3) is 0 Å². The highest BCUT2D eigenvalue weighted by molar-refractivity contribution is 8.14. The molecule has 130 valence electrons. The molecular weight excluding hydrogens is 360 g/mol. The fourth-order valence-electron chi connectivity index (χ4n) is 1.98. The van der Waals surface area contributed by atoms with Gasteiger partial charge in [-0.25, -0.2) is 0 Å². The van der Waals surface area contributed by atoms with Crippen LogP contribution in [0.3, 0.4) is 0 Å². The van der Waals surface area contributed by atoms with Crippen LogP contribution in [0.4, 0.5) is 0 Å². The normalized spacial score (nSPS) is 20.2. The van der Waals surface area contributed by atoms with E-state index in [4.69, 9.17) is 9.29 Å². The van der Waals surface area contributed by atoms with Gasteiger partial charge in [0.25, 0.3) is 11.8 Å². The quantitative estimate of drug-likeness (QED) is 0.517. The van der Waals surface area contributed by atoms with Gasteiger partial charge in [0.2, 0.25) is 0 Å². The number of hydrogen-bond donors (Lipinski definition) is 2. The van der Waals surface area contributed by atoms with E-state index in [1.807, 2.05) is 0 Å². The van der Waals surface area contributed by atoms with Gasteiger partial charge in [0.15, 0.2) is 11.7 Å². The number of hydrogen-bond acceptors (Lipinski definition) is 7. The third-order valence-electron chi connectivity index (χ3n) is 2.96. The lowest BCUT2D eigenvalue weighted by atomic mass is 10.1. The average Bonchev–Trinajstić information content (AvgIpc) is 2.49. The molecule has 2 atom stereocenters. The summed E-state index contributed by atoms with van der Waals surface area (Å²) in [5.41, 5.74) is 0. The number of para-hydroxylation sites is 1. The summed E-state index contributed by atoms with van der Waals surface area (Å²) >= 11 is 0.516. The summed E-state index contributed by atoms with van der Waals surface area (Å²) in [4.78, 5) is 34.8. The van der Waals surface area contributed by atoms with Crippen LogP contribution in [0, 0.1) is 0 Å². The Labute approximate surface area is 142 Å². The van der Waals surface area contributed by atoms with Crippen molar-refractivity contribution in [2.75, 3.05) is 6.61 Å². The Bertz CT molecular complexity index is 751. The molecule has 0 spiro atoms. The van der Waals surface area contributed by atoms with Crippen molar-refractivity contribution >= 4 is 39.0 Å². The lowest BCUT2D eigenvalue weighted by Gasteiger charge is -2.42. The fraction of sp³-hybridized carbons (Fsp3) is 0.308. The number of benzene rings is 1. The molecule has 0 saturated carbocycles. The van der Waals surface area contributed by atoms with Crippen LogP contribution < -0.4 is 10.1 Å². The van der Waals surface area contributed by atoms with E-state index in [1.54, 1.807) is 30.3 Å². The Balaban J connectivity index is 1.98. The molecule has 0 aromatic heterocycles. The standard InChI is InChI=1S/C13H14N2O7S2/c1-8(16)23-13-11(12(18)15(13)24(19,20)21)14-10(17)7-22-9-5-3-2-4-6-9/h2-6,11,13H,7H2,1H3,(H,14,17)(H,19,20,21)/t11-,13-/m1/s1. The molecule has 11 heteroatoms. The van der Waals surface area contributed by atoms with Crippen molar-refractivity contribution < 1.29 is 32.1 Å². The van der Waals surface area contributed by atoms with Gasteiger partial charge in [-0.05, 0) is 12.1 Å². The monoisotopic (exact) mass is 374 g/mol. The summed E-state index contributed by atoms with van der Waals surface area (Å²) < 4.78 is 36.7. The predicted octanol–water partition coefficient (Wildman–Crippen LogP) is -0.199. The van der Waals surface area contributed by atoms with Crippen molar-refractivity contribution in [2.45, 2.75) is 18.3 Å². The van der Waals surface area contributed by atoms with E-state index in [0.29, 0.717) is 17.5 Å². The molecule has 0 radical (unpaired) electrons. The van der Waals surface area contributed by atoms with Crippen LogP contribution in [0.2, 0.25) is 0 Å². The topological polar surface area (TPSA) is 130 Å². The maximum atomic E-state index is 11.8. The second-order valence-corrected chi connectivity index (χ2v) is 7.34. The van der Waals surface area contributed by atoms with E-state index in [1.165, 1.54) is 6.92 Å². The smallest absolute Gasteiger partial charge is 0.363 e. The van der Waals surface area contributed by atoms with Crippen LogP contribution >= 0.6 is 11.8 Å². The number of carbonyl (C=O) groups excluding carboxylic acids is 3. The minimum atomic E-state index is -4.81. The summed E-state index contributed by atoms with van der Waals surface area (Å²) in [6.07, 6.45) is 0.